The first-order valence-electron chi connectivity index (χ1n) is 8.72. The second-order valence-corrected chi connectivity index (χ2v) is 6.83. The highest BCUT2D eigenvalue weighted by Crippen LogP contribution is 2.26. The van der Waals surface area contributed by atoms with Gasteiger partial charge in [-0.3, -0.25) is 0 Å². The molecule has 0 saturated carbocycles. The number of hydrogen-bond donors (Lipinski definition) is 0. The van der Waals surface area contributed by atoms with Gasteiger partial charge in [0.1, 0.15) is 0 Å². The number of methoxy groups -OCH3 is 1. The Bertz CT molecular complexity index is 430. The number of hydrogen-bond acceptors (Lipinski definition) is 3. The molecule has 0 aliphatic carbocycles. The van der Waals surface area contributed by atoms with Gasteiger partial charge in [-0.1, -0.05) is 30.3 Å². The lowest BCUT2D eigenvalue weighted by molar-refractivity contribution is -0.0175. The molecule has 22 heavy (non-hydrogen) atoms. The molecule has 2 heterocycles. The van der Waals surface area contributed by atoms with Gasteiger partial charge in [0.05, 0.1) is 6.10 Å². The molecule has 3 rings (SSSR count). The Labute approximate surface area is 134 Å². The Balaban J connectivity index is 1.57. The molecule has 1 aromatic carbocycles. The minimum atomic E-state index is 0.408. The van der Waals surface area contributed by atoms with E-state index in [-0.39, 0.29) is 0 Å². The van der Waals surface area contributed by atoms with Crippen molar-refractivity contribution < 1.29 is 9.47 Å². The zero-order valence-electron chi connectivity index (χ0n) is 13.7. The van der Waals surface area contributed by atoms with E-state index in [4.69, 9.17) is 9.47 Å². The van der Waals surface area contributed by atoms with E-state index < -0.39 is 0 Å². The number of nitrogens with zero attached hydrogens (tertiary/aromatic N) is 1. The predicted octanol–water partition coefficient (Wildman–Crippen LogP) is 2.99. The van der Waals surface area contributed by atoms with E-state index in [2.05, 4.69) is 35.2 Å². The Morgan fingerprint density at radius 3 is 2.64 bits per heavy atom. The third kappa shape index (κ3) is 4.31. The van der Waals surface area contributed by atoms with Crippen LogP contribution in [0.15, 0.2) is 30.3 Å². The van der Waals surface area contributed by atoms with Crippen molar-refractivity contribution in [3.05, 3.63) is 35.9 Å². The van der Waals surface area contributed by atoms with Gasteiger partial charge in [0.2, 0.25) is 0 Å². The molecule has 0 radical (unpaired) electrons. The zero-order chi connectivity index (χ0) is 15.2. The zero-order valence-corrected chi connectivity index (χ0v) is 13.7. The van der Waals surface area contributed by atoms with Crippen LogP contribution in [-0.2, 0) is 15.9 Å². The molecular formula is C19H29NO2. The maximum Gasteiger partial charge on any atom is 0.0627 e. The SMILES string of the molecule is CO[C@H]1CCN(CC2CCOCC2)C[C@@H]1Cc1ccccc1. The van der Waals surface area contributed by atoms with Gasteiger partial charge in [-0.15, -0.1) is 0 Å². The Morgan fingerprint density at radius 1 is 1.14 bits per heavy atom. The summed E-state index contributed by atoms with van der Waals surface area (Å²) in [5, 5.41) is 0. The van der Waals surface area contributed by atoms with E-state index >= 15 is 0 Å². The quantitative estimate of drug-likeness (QED) is 0.835. The average Bonchev–Trinajstić information content (AvgIpc) is 2.57. The number of piperidine rings is 1. The fraction of sp³-hybridized carbons (Fsp3) is 0.684. The molecule has 0 aromatic heterocycles. The summed E-state index contributed by atoms with van der Waals surface area (Å²) in [5.41, 5.74) is 1.43. The van der Waals surface area contributed by atoms with Crippen LogP contribution in [0, 0.1) is 11.8 Å². The van der Waals surface area contributed by atoms with Crippen LogP contribution in [0.3, 0.4) is 0 Å². The summed E-state index contributed by atoms with van der Waals surface area (Å²) in [5.74, 6) is 1.44. The summed E-state index contributed by atoms with van der Waals surface area (Å²) in [4.78, 5) is 2.67. The van der Waals surface area contributed by atoms with Crippen molar-refractivity contribution in [1.29, 1.82) is 0 Å². The minimum Gasteiger partial charge on any atom is -0.381 e. The summed E-state index contributed by atoms with van der Waals surface area (Å²) in [7, 11) is 1.87. The van der Waals surface area contributed by atoms with Gasteiger partial charge < -0.3 is 14.4 Å². The molecule has 2 aliphatic rings. The van der Waals surface area contributed by atoms with Gasteiger partial charge in [0.25, 0.3) is 0 Å². The highest BCUT2D eigenvalue weighted by Gasteiger charge is 2.30. The molecule has 122 valence electrons. The summed E-state index contributed by atoms with van der Waals surface area (Å²) in [6, 6.07) is 10.9. The van der Waals surface area contributed by atoms with Crippen LogP contribution in [0.4, 0.5) is 0 Å². The number of benzene rings is 1. The smallest absolute Gasteiger partial charge is 0.0627 e. The molecule has 0 bridgehead atoms. The molecule has 2 saturated heterocycles. The van der Waals surface area contributed by atoms with Crippen molar-refractivity contribution in [2.45, 2.75) is 31.8 Å². The van der Waals surface area contributed by atoms with Crippen LogP contribution in [-0.4, -0.2) is 51.0 Å². The maximum absolute atomic E-state index is 5.77. The van der Waals surface area contributed by atoms with Crippen molar-refractivity contribution in [1.82, 2.24) is 4.90 Å². The molecule has 3 heteroatoms. The molecule has 0 unspecified atom stereocenters. The molecule has 2 aliphatic heterocycles. The van der Waals surface area contributed by atoms with Crippen molar-refractivity contribution >= 4 is 0 Å². The van der Waals surface area contributed by atoms with Gasteiger partial charge in [-0.05, 0) is 37.2 Å². The highest BCUT2D eigenvalue weighted by atomic mass is 16.5. The van der Waals surface area contributed by atoms with Crippen molar-refractivity contribution in [3.63, 3.8) is 0 Å². The second kappa shape index (κ2) is 8.09. The van der Waals surface area contributed by atoms with Crippen LogP contribution in [0.25, 0.3) is 0 Å². The molecule has 0 amide bonds. The Kier molecular flexibility index (Phi) is 5.88. The summed E-state index contributed by atoms with van der Waals surface area (Å²) in [6.07, 6.45) is 5.16. The number of rotatable bonds is 5. The summed E-state index contributed by atoms with van der Waals surface area (Å²) in [6.45, 7) is 5.50. The third-order valence-corrected chi connectivity index (χ3v) is 5.25. The number of likely N-dealkylation sites (tertiary alicyclic amines) is 1. The van der Waals surface area contributed by atoms with Gasteiger partial charge in [-0.25, -0.2) is 0 Å². The van der Waals surface area contributed by atoms with E-state index in [9.17, 15) is 0 Å². The van der Waals surface area contributed by atoms with Crippen LogP contribution in [0.1, 0.15) is 24.8 Å². The van der Waals surface area contributed by atoms with E-state index in [1.54, 1.807) is 0 Å². The monoisotopic (exact) mass is 303 g/mol. The minimum absolute atomic E-state index is 0.408. The first-order chi connectivity index (χ1) is 10.8. The summed E-state index contributed by atoms with van der Waals surface area (Å²) < 4.78 is 11.3. The average molecular weight is 303 g/mol. The van der Waals surface area contributed by atoms with Crippen molar-refractivity contribution in [3.8, 4) is 0 Å². The largest absolute Gasteiger partial charge is 0.381 e. The number of ether oxygens (including phenoxy) is 2. The maximum atomic E-state index is 5.77. The second-order valence-electron chi connectivity index (χ2n) is 6.83. The van der Waals surface area contributed by atoms with E-state index in [0.29, 0.717) is 12.0 Å². The predicted molar refractivity (Wildman–Crippen MR) is 89.0 cm³/mol. The van der Waals surface area contributed by atoms with Crippen molar-refractivity contribution in [2.24, 2.45) is 11.8 Å². The Morgan fingerprint density at radius 2 is 1.91 bits per heavy atom. The fourth-order valence-corrected chi connectivity index (χ4v) is 3.97. The van der Waals surface area contributed by atoms with Crippen LogP contribution >= 0.6 is 0 Å². The lowest BCUT2D eigenvalue weighted by Crippen LogP contribution is -2.46. The van der Waals surface area contributed by atoms with Gasteiger partial charge in [0.15, 0.2) is 0 Å². The van der Waals surface area contributed by atoms with Crippen LogP contribution in [0.5, 0.6) is 0 Å². The van der Waals surface area contributed by atoms with Crippen LogP contribution in [0.2, 0.25) is 0 Å². The molecule has 3 nitrogen and oxygen atoms in total. The lowest BCUT2D eigenvalue weighted by Gasteiger charge is -2.40. The van der Waals surface area contributed by atoms with E-state index in [1.807, 2.05) is 7.11 Å². The molecule has 0 N–H and O–H groups in total. The first kappa shape index (κ1) is 16.0. The lowest BCUT2D eigenvalue weighted by atomic mass is 9.87. The first-order valence-corrected chi connectivity index (χ1v) is 8.72. The fourth-order valence-electron chi connectivity index (χ4n) is 3.97. The molecule has 2 atom stereocenters. The topological polar surface area (TPSA) is 21.7 Å². The van der Waals surface area contributed by atoms with Crippen LogP contribution < -0.4 is 0 Å². The molecule has 1 aromatic rings. The normalized spacial score (nSPS) is 27.9. The highest BCUT2D eigenvalue weighted by molar-refractivity contribution is 5.15. The molecule has 0 spiro atoms. The third-order valence-electron chi connectivity index (χ3n) is 5.25. The van der Waals surface area contributed by atoms with E-state index in [1.165, 1.54) is 38.0 Å². The van der Waals surface area contributed by atoms with Gasteiger partial charge >= 0.3 is 0 Å². The standard InChI is InChI=1S/C19H29NO2/c1-21-19-7-10-20(14-17-8-11-22-12-9-17)15-18(19)13-16-5-3-2-4-6-16/h2-6,17-19H,7-15H2,1H3/t18-,19-/m0/s1. The molecule has 2 fully saturated rings. The van der Waals surface area contributed by atoms with Crippen molar-refractivity contribution in [2.75, 3.05) is 40.0 Å². The van der Waals surface area contributed by atoms with Gasteiger partial charge in [0, 0.05) is 45.9 Å². The van der Waals surface area contributed by atoms with E-state index in [0.717, 1.165) is 32.0 Å². The molecular weight excluding hydrogens is 274 g/mol. The Hall–Kier alpha value is -0.900. The van der Waals surface area contributed by atoms with Gasteiger partial charge in [-0.2, -0.15) is 0 Å². The summed E-state index contributed by atoms with van der Waals surface area (Å²) >= 11 is 0.